The van der Waals surface area contributed by atoms with E-state index in [0.717, 1.165) is 42.6 Å². The molecule has 0 spiro atoms. The molecule has 0 unspecified atom stereocenters. The largest absolute Gasteiger partial charge is 0.295 e. The normalized spacial score (nSPS) is 11.3. The number of nitrogens with one attached hydrogen (secondary N) is 1. The number of aromatic nitrogens is 2. The van der Waals surface area contributed by atoms with Crippen LogP contribution in [0.25, 0.3) is 11.3 Å². The number of unbranched alkanes of at least 4 members (excludes halogenated alkanes) is 1. The van der Waals surface area contributed by atoms with Crippen LogP contribution in [0.5, 0.6) is 0 Å². The molecule has 1 N–H and O–H groups in total. The van der Waals surface area contributed by atoms with E-state index in [1.54, 1.807) is 4.68 Å². The first-order chi connectivity index (χ1) is 10.0. The molecule has 114 valence electrons. The third kappa shape index (κ3) is 3.46. The topological polar surface area (TPSA) is 37.8 Å². The second kappa shape index (κ2) is 6.79. The van der Waals surface area contributed by atoms with Crippen LogP contribution in [0.3, 0.4) is 0 Å². The minimum atomic E-state index is 0.149. The minimum Gasteiger partial charge on any atom is -0.295 e. The second-order valence-corrected chi connectivity index (χ2v) is 6.19. The lowest BCUT2D eigenvalue weighted by Crippen LogP contribution is -2.20. The van der Waals surface area contributed by atoms with Gasteiger partial charge in [-0.15, -0.1) is 0 Å². The zero-order valence-corrected chi connectivity index (χ0v) is 13.6. The van der Waals surface area contributed by atoms with E-state index in [1.807, 2.05) is 12.1 Å². The molecule has 2 aromatic rings. The molecule has 2 rings (SSSR count). The Morgan fingerprint density at radius 1 is 1.24 bits per heavy atom. The summed E-state index contributed by atoms with van der Waals surface area (Å²) in [6, 6.07) is 8.25. The standard InChI is InChI=1S/C18H26N2O/c1-5-6-11-20-18(21)16(12-13(2)3)17(19-20)15-10-8-7-9-14(15)4/h7-10,13,19H,5-6,11-12H2,1-4H3. The van der Waals surface area contributed by atoms with Gasteiger partial charge >= 0.3 is 0 Å². The molecule has 0 saturated carbocycles. The van der Waals surface area contributed by atoms with Gasteiger partial charge < -0.3 is 0 Å². The quantitative estimate of drug-likeness (QED) is 0.851. The number of nitrogens with zero attached hydrogens (tertiary/aromatic N) is 1. The molecule has 0 fully saturated rings. The first-order valence-corrected chi connectivity index (χ1v) is 7.92. The average molecular weight is 286 g/mol. The Balaban J connectivity index is 2.53. The Kier molecular flexibility index (Phi) is 5.05. The SMILES string of the molecule is CCCCn1[nH]c(-c2ccccc2C)c(CC(C)C)c1=O. The second-order valence-electron chi connectivity index (χ2n) is 6.19. The molecule has 0 atom stereocenters. The summed E-state index contributed by atoms with van der Waals surface area (Å²) >= 11 is 0. The van der Waals surface area contributed by atoms with Crippen molar-refractivity contribution in [2.45, 2.75) is 53.5 Å². The highest BCUT2D eigenvalue weighted by Crippen LogP contribution is 2.25. The van der Waals surface area contributed by atoms with Gasteiger partial charge in [0.15, 0.2) is 0 Å². The molecule has 0 aliphatic carbocycles. The molecule has 21 heavy (non-hydrogen) atoms. The molecule has 1 aromatic carbocycles. The third-order valence-corrected chi connectivity index (χ3v) is 3.81. The van der Waals surface area contributed by atoms with Crippen LogP contribution in [0.1, 0.15) is 44.7 Å². The lowest BCUT2D eigenvalue weighted by molar-refractivity contribution is 0.555. The Hall–Kier alpha value is -1.77. The van der Waals surface area contributed by atoms with Gasteiger partial charge in [-0.3, -0.25) is 14.6 Å². The first kappa shape index (κ1) is 15.6. The summed E-state index contributed by atoms with van der Waals surface area (Å²) in [5, 5.41) is 3.35. The van der Waals surface area contributed by atoms with Crippen molar-refractivity contribution in [3.05, 3.63) is 45.7 Å². The van der Waals surface area contributed by atoms with Gasteiger partial charge in [0, 0.05) is 17.7 Å². The molecule has 0 saturated heterocycles. The summed E-state index contributed by atoms with van der Waals surface area (Å²) in [5.74, 6) is 0.468. The molecule has 3 nitrogen and oxygen atoms in total. The van der Waals surface area contributed by atoms with E-state index in [1.165, 1.54) is 5.56 Å². The van der Waals surface area contributed by atoms with Gasteiger partial charge in [-0.05, 0) is 31.2 Å². The molecular formula is C18H26N2O. The predicted octanol–water partition coefficient (Wildman–Crippen LogP) is 4.15. The Morgan fingerprint density at radius 2 is 1.95 bits per heavy atom. The molecule has 1 aromatic heterocycles. The van der Waals surface area contributed by atoms with Crippen molar-refractivity contribution >= 4 is 0 Å². The molecule has 0 aliphatic rings. The van der Waals surface area contributed by atoms with Crippen LogP contribution < -0.4 is 5.56 Å². The zero-order valence-electron chi connectivity index (χ0n) is 13.6. The van der Waals surface area contributed by atoms with Crippen molar-refractivity contribution in [1.29, 1.82) is 0 Å². The number of aromatic amines is 1. The van der Waals surface area contributed by atoms with Gasteiger partial charge in [0.05, 0.1) is 5.69 Å². The smallest absolute Gasteiger partial charge is 0.270 e. The Bertz CT molecular complexity index is 649. The maximum atomic E-state index is 12.6. The summed E-state index contributed by atoms with van der Waals surface area (Å²) in [4.78, 5) is 12.6. The van der Waals surface area contributed by atoms with Crippen molar-refractivity contribution in [2.24, 2.45) is 5.92 Å². The van der Waals surface area contributed by atoms with Crippen molar-refractivity contribution in [1.82, 2.24) is 9.78 Å². The maximum absolute atomic E-state index is 12.6. The molecule has 3 heteroatoms. The molecule has 0 radical (unpaired) electrons. The van der Waals surface area contributed by atoms with E-state index in [0.29, 0.717) is 5.92 Å². The summed E-state index contributed by atoms with van der Waals surface area (Å²) < 4.78 is 1.78. The Labute approximate surface area is 127 Å². The van der Waals surface area contributed by atoms with E-state index in [9.17, 15) is 4.79 Å². The fourth-order valence-electron chi connectivity index (χ4n) is 2.67. The van der Waals surface area contributed by atoms with Gasteiger partial charge in [-0.2, -0.15) is 0 Å². The van der Waals surface area contributed by atoms with Crippen LogP contribution in [0.15, 0.2) is 29.1 Å². The number of H-pyrrole nitrogens is 1. The van der Waals surface area contributed by atoms with E-state index in [4.69, 9.17) is 0 Å². The monoisotopic (exact) mass is 286 g/mol. The number of hydrogen-bond donors (Lipinski definition) is 1. The lowest BCUT2D eigenvalue weighted by Gasteiger charge is -2.07. The van der Waals surface area contributed by atoms with Gasteiger partial charge in [-0.1, -0.05) is 51.5 Å². The van der Waals surface area contributed by atoms with Crippen molar-refractivity contribution in [3.8, 4) is 11.3 Å². The van der Waals surface area contributed by atoms with E-state index < -0.39 is 0 Å². The fourth-order valence-corrected chi connectivity index (χ4v) is 2.67. The maximum Gasteiger partial charge on any atom is 0.270 e. The van der Waals surface area contributed by atoms with Crippen LogP contribution in [0.2, 0.25) is 0 Å². The van der Waals surface area contributed by atoms with Gasteiger partial charge in [0.25, 0.3) is 5.56 Å². The van der Waals surface area contributed by atoms with Gasteiger partial charge in [-0.25, -0.2) is 0 Å². The highest BCUT2D eigenvalue weighted by atomic mass is 16.1. The summed E-state index contributed by atoms with van der Waals surface area (Å²) in [6.45, 7) is 9.32. The van der Waals surface area contributed by atoms with E-state index in [-0.39, 0.29) is 5.56 Å². The molecule has 0 bridgehead atoms. The van der Waals surface area contributed by atoms with Crippen molar-refractivity contribution < 1.29 is 0 Å². The highest BCUT2D eigenvalue weighted by Gasteiger charge is 2.17. The predicted molar refractivity (Wildman–Crippen MR) is 88.7 cm³/mol. The summed E-state index contributed by atoms with van der Waals surface area (Å²) in [7, 11) is 0. The van der Waals surface area contributed by atoms with E-state index in [2.05, 4.69) is 44.9 Å². The van der Waals surface area contributed by atoms with Crippen LogP contribution in [-0.2, 0) is 13.0 Å². The van der Waals surface area contributed by atoms with Gasteiger partial charge in [0.1, 0.15) is 0 Å². The minimum absolute atomic E-state index is 0.149. The van der Waals surface area contributed by atoms with Crippen LogP contribution in [0.4, 0.5) is 0 Å². The summed E-state index contributed by atoms with van der Waals surface area (Å²) in [5.41, 5.74) is 4.42. The molecule has 1 heterocycles. The average Bonchev–Trinajstić information content (AvgIpc) is 2.74. The highest BCUT2D eigenvalue weighted by molar-refractivity contribution is 5.66. The number of rotatable bonds is 6. The zero-order chi connectivity index (χ0) is 15.4. The van der Waals surface area contributed by atoms with Crippen LogP contribution in [0, 0.1) is 12.8 Å². The number of aryl methyl sites for hydroxylation is 2. The number of hydrogen-bond acceptors (Lipinski definition) is 1. The van der Waals surface area contributed by atoms with Crippen LogP contribution >= 0.6 is 0 Å². The third-order valence-electron chi connectivity index (χ3n) is 3.81. The Morgan fingerprint density at radius 3 is 2.57 bits per heavy atom. The fraction of sp³-hybridized carbons (Fsp3) is 0.500. The van der Waals surface area contributed by atoms with Crippen molar-refractivity contribution in [2.75, 3.05) is 0 Å². The molecule has 0 aliphatic heterocycles. The van der Waals surface area contributed by atoms with Crippen molar-refractivity contribution in [3.63, 3.8) is 0 Å². The first-order valence-electron chi connectivity index (χ1n) is 7.92. The van der Waals surface area contributed by atoms with Gasteiger partial charge in [0.2, 0.25) is 0 Å². The lowest BCUT2D eigenvalue weighted by atomic mass is 9.97. The molecular weight excluding hydrogens is 260 g/mol. The van der Waals surface area contributed by atoms with E-state index >= 15 is 0 Å². The summed E-state index contributed by atoms with van der Waals surface area (Å²) in [6.07, 6.45) is 2.93. The number of benzene rings is 1. The molecule has 0 amide bonds. The van der Waals surface area contributed by atoms with Crippen LogP contribution in [-0.4, -0.2) is 9.78 Å².